The fourth-order valence-electron chi connectivity index (χ4n) is 2.99. The van der Waals surface area contributed by atoms with Crippen LogP contribution in [0.1, 0.15) is 29.8 Å². The molecule has 1 aromatic carbocycles. The van der Waals surface area contributed by atoms with Gasteiger partial charge in [0.15, 0.2) is 0 Å². The number of fused-ring (bicyclic) bond motifs is 1. The number of piperidine rings is 1. The second kappa shape index (κ2) is 6.56. The van der Waals surface area contributed by atoms with Crippen molar-refractivity contribution in [1.29, 1.82) is 0 Å². The molecule has 1 saturated heterocycles. The van der Waals surface area contributed by atoms with Crippen LogP contribution in [0.2, 0.25) is 0 Å². The molecule has 0 radical (unpaired) electrons. The first-order valence-electron chi connectivity index (χ1n) is 7.49. The first kappa shape index (κ1) is 14.5. The molecule has 2 heterocycles. The van der Waals surface area contributed by atoms with Gasteiger partial charge in [-0.25, -0.2) is 4.98 Å². The number of hydrogen-bond acceptors (Lipinski definition) is 2. The predicted molar refractivity (Wildman–Crippen MR) is 88.8 cm³/mol. The molecule has 3 rings (SSSR count). The van der Waals surface area contributed by atoms with Gasteiger partial charge in [-0.3, -0.25) is 4.79 Å². The van der Waals surface area contributed by atoms with Crippen LogP contribution in [0.4, 0.5) is 0 Å². The first-order valence-corrected chi connectivity index (χ1v) is 8.61. The maximum absolute atomic E-state index is 12.6. The van der Waals surface area contributed by atoms with Crippen molar-refractivity contribution in [1.82, 2.24) is 9.88 Å². The summed E-state index contributed by atoms with van der Waals surface area (Å²) in [6, 6.07) is 11.7. The summed E-state index contributed by atoms with van der Waals surface area (Å²) < 4.78 is 0. The number of amides is 1. The van der Waals surface area contributed by atoms with E-state index in [0.717, 1.165) is 42.2 Å². The highest BCUT2D eigenvalue weighted by Gasteiger charge is 2.24. The van der Waals surface area contributed by atoms with E-state index >= 15 is 0 Å². The Morgan fingerprint density at radius 1 is 1.29 bits per heavy atom. The van der Waals surface area contributed by atoms with Crippen LogP contribution in [0.3, 0.4) is 0 Å². The smallest absolute Gasteiger partial charge is 0.272 e. The minimum atomic E-state index is 0.0695. The van der Waals surface area contributed by atoms with Crippen LogP contribution in [0.25, 0.3) is 10.9 Å². The van der Waals surface area contributed by atoms with E-state index in [9.17, 15) is 4.79 Å². The molecule has 0 saturated carbocycles. The average molecular weight is 347 g/mol. The van der Waals surface area contributed by atoms with Gasteiger partial charge in [0.05, 0.1) is 5.52 Å². The second-order valence-corrected chi connectivity index (χ2v) is 6.42. The maximum Gasteiger partial charge on any atom is 0.272 e. The fourth-order valence-corrected chi connectivity index (χ4v) is 3.63. The predicted octanol–water partition coefficient (Wildman–Crippen LogP) is 3.87. The Morgan fingerprint density at radius 3 is 3.00 bits per heavy atom. The Bertz CT molecular complexity index is 641. The Labute approximate surface area is 133 Å². The number of benzene rings is 1. The number of rotatable bonds is 3. The molecule has 2 aromatic rings. The normalized spacial score (nSPS) is 18.9. The number of likely N-dealkylation sites (tertiary alicyclic amines) is 1. The third-order valence-electron chi connectivity index (χ3n) is 4.14. The summed E-state index contributed by atoms with van der Waals surface area (Å²) in [6.45, 7) is 1.71. The average Bonchev–Trinajstić information content (AvgIpc) is 2.54. The summed E-state index contributed by atoms with van der Waals surface area (Å²) in [5.41, 5.74) is 1.45. The van der Waals surface area contributed by atoms with Crippen LogP contribution in [-0.2, 0) is 0 Å². The zero-order chi connectivity index (χ0) is 14.7. The summed E-state index contributed by atoms with van der Waals surface area (Å²) in [7, 11) is 0. The van der Waals surface area contributed by atoms with Gasteiger partial charge in [0.2, 0.25) is 0 Å². The van der Waals surface area contributed by atoms with Crippen molar-refractivity contribution in [3.05, 3.63) is 42.1 Å². The van der Waals surface area contributed by atoms with E-state index in [2.05, 4.69) is 20.9 Å². The summed E-state index contributed by atoms with van der Waals surface area (Å²) >= 11 is 3.50. The lowest BCUT2D eigenvalue weighted by atomic mass is 9.95. The molecule has 1 aliphatic rings. The molecule has 21 heavy (non-hydrogen) atoms. The highest BCUT2D eigenvalue weighted by molar-refractivity contribution is 9.09. The molecule has 0 bridgehead atoms. The number of aromatic nitrogens is 1. The molecule has 1 atom stereocenters. The minimum Gasteiger partial charge on any atom is -0.337 e. The summed E-state index contributed by atoms with van der Waals surface area (Å²) in [5.74, 6) is 0.683. The van der Waals surface area contributed by atoms with Crippen molar-refractivity contribution in [2.45, 2.75) is 19.3 Å². The molecule has 1 aromatic heterocycles. The molecule has 0 N–H and O–H groups in total. The number of para-hydroxylation sites is 1. The number of pyridine rings is 1. The molecule has 3 nitrogen and oxygen atoms in total. The minimum absolute atomic E-state index is 0.0695. The van der Waals surface area contributed by atoms with Crippen LogP contribution >= 0.6 is 15.9 Å². The number of carbonyl (C=O) groups is 1. The molecule has 1 unspecified atom stereocenters. The molecule has 110 valence electrons. The molecule has 0 aliphatic carbocycles. The summed E-state index contributed by atoms with van der Waals surface area (Å²) in [6.07, 6.45) is 3.45. The quantitative estimate of drug-likeness (QED) is 0.790. The van der Waals surface area contributed by atoms with Crippen LogP contribution in [0, 0.1) is 5.92 Å². The Hall–Kier alpha value is -1.42. The van der Waals surface area contributed by atoms with E-state index in [4.69, 9.17) is 0 Å². The number of alkyl halides is 1. The van der Waals surface area contributed by atoms with Gasteiger partial charge in [-0.1, -0.05) is 40.2 Å². The van der Waals surface area contributed by atoms with Gasteiger partial charge in [0.1, 0.15) is 5.69 Å². The van der Waals surface area contributed by atoms with Gasteiger partial charge in [0, 0.05) is 23.8 Å². The second-order valence-electron chi connectivity index (χ2n) is 5.63. The highest BCUT2D eigenvalue weighted by atomic mass is 79.9. The first-order chi connectivity index (χ1) is 10.3. The highest BCUT2D eigenvalue weighted by Crippen LogP contribution is 2.22. The van der Waals surface area contributed by atoms with Crippen molar-refractivity contribution in [2.24, 2.45) is 5.92 Å². The molecule has 1 amide bonds. The molecular formula is C17H19BrN2O. The Kier molecular flexibility index (Phi) is 4.54. The number of nitrogens with zero attached hydrogens (tertiary/aromatic N) is 2. The van der Waals surface area contributed by atoms with Crippen molar-refractivity contribution in [2.75, 3.05) is 18.4 Å². The van der Waals surface area contributed by atoms with Crippen molar-refractivity contribution < 1.29 is 4.79 Å². The number of halogens is 1. The molecule has 1 fully saturated rings. The van der Waals surface area contributed by atoms with Gasteiger partial charge in [-0.2, -0.15) is 0 Å². The van der Waals surface area contributed by atoms with Gasteiger partial charge >= 0.3 is 0 Å². The maximum atomic E-state index is 12.6. The molecule has 0 spiro atoms. The largest absolute Gasteiger partial charge is 0.337 e. The van der Waals surface area contributed by atoms with E-state index < -0.39 is 0 Å². The molecule has 4 heteroatoms. The van der Waals surface area contributed by atoms with Crippen LogP contribution < -0.4 is 0 Å². The topological polar surface area (TPSA) is 33.2 Å². The van der Waals surface area contributed by atoms with Gasteiger partial charge in [-0.15, -0.1) is 0 Å². The zero-order valence-corrected chi connectivity index (χ0v) is 13.6. The van der Waals surface area contributed by atoms with Crippen LogP contribution in [0.5, 0.6) is 0 Å². The van der Waals surface area contributed by atoms with Crippen molar-refractivity contribution >= 4 is 32.7 Å². The van der Waals surface area contributed by atoms with Gasteiger partial charge < -0.3 is 4.90 Å². The Morgan fingerprint density at radius 2 is 2.14 bits per heavy atom. The monoisotopic (exact) mass is 346 g/mol. The van der Waals surface area contributed by atoms with E-state index in [-0.39, 0.29) is 5.91 Å². The standard InChI is InChI=1S/C17H19BrN2O/c18-10-9-13-4-3-11-20(12-13)17(21)16-8-7-14-5-1-2-6-15(14)19-16/h1-2,5-8,13H,3-4,9-12H2. The zero-order valence-electron chi connectivity index (χ0n) is 12.0. The van der Waals surface area contributed by atoms with Crippen LogP contribution in [0.15, 0.2) is 36.4 Å². The van der Waals surface area contributed by atoms with Gasteiger partial charge in [-0.05, 0) is 37.3 Å². The third-order valence-corrected chi connectivity index (χ3v) is 4.60. The fraction of sp³-hybridized carbons (Fsp3) is 0.412. The van der Waals surface area contributed by atoms with E-state index in [1.54, 1.807) is 0 Å². The van der Waals surface area contributed by atoms with E-state index in [1.807, 2.05) is 41.3 Å². The van der Waals surface area contributed by atoms with Gasteiger partial charge in [0.25, 0.3) is 5.91 Å². The number of hydrogen-bond donors (Lipinski definition) is 0. The lowest BCUT2D eigenvalue weighted by Crippen LogP contribution is -2.40. The van der Waals surface area contributed by atoms with Crippen molar-refractivity contribution in [3.8, 4) is 0 Å². The third kappa shape index (κ3) is 3.26. The lowest BCUT2D eigenvalue weighted by Gasteiger charge is -2.32. The van der Waals surface area contributed by atoms with Crippen molar-refractivity contribution in [3.63, 3.8) is 0 Å². The molecule has 1 aliphatic heterocycles. The summed E-state index contributed by atoms with van der Waals surface area (Å²) in [5, 5.41) is 2.08. The molecular weight excluding hydrogens is 328 g/mol. The number of carbonyl (C=O) groups excluding carboxylic acids is 1. The Balaban J connectivity index is 1.79. The van der Waals surface area contributed by atoms with E-state index in [1.165, 1.54) is 6.42 Å². The lowest BCUT2D eigenvalue weighted by molar-refractivity contribution is 0.0666. The summed E-state index contributed by atoms with van der Waals surface area (Å²) in [4.78, 5) is 19.1. The van der Waals surface area contributed by atoms with Crippen LogP contribution in [-0.4, -0.2) is 34.2 Å². The SMILES string of the molecule is O=C(c1ccc2ccccc2n1)N1CCCC(CCBr)C1. The van der Waals surface area contributed by atoms with E-state index in [0.29, 0.717) is 11.6 Å².